The molecule has 2 amide bonds. The summed E-state index contributed by atoms with van der Waals surface area (Å²) >= 11 is 0. The van der Waals surface area contributed by atoms with Crippen LogP contribution in [0.1, 0.15) is 33.6 Å². The van der Waals surface area contributed by atoms with Gasteiger partial charge in [0.25, 0.3) is 0 Å². The molecule has 2 fully saturated rings. The zero-order chi connectivity index (χ0) is 13.5. The van der Waals surface area contributed by atoms with Crippen LogP contribution in [0.2, 0.25) is 0 Å². The third-order valence-electron chi connectivity index (χ3n) is 4.43. The van der Waals surface area contributed by atoms with Gasteiger partial charge in [-0.1, -0.05) is 20.8 Å². The lowest BCUT2D eigenvalue weighted by atomic mass is 10.0. The second-order valence-electron chi connectivity index (χ2n) is 6.32. The minimum atomic E-state index is -0.901. The Morgan fingerprint density at radius 3 is 2.56 bits per heavy atom. The number of likely N-dealkylation sites (tertiary alicyclic amines) is 1. The highest BCUT2D eigenvalue weighted by Crippen LogP contribution is 2.51. The lowest BCUT2D eigenvalue weighted by Crippen LogP contribution is -2.48. The molecule has 2 N–H and O–H groups in total. The van der Waals surface area contributed by atoms with Crippen LogP contribution in [0.15, 0.2) is 0 Å². The number of carboxylic acids is 1. The van der Waals surface area contributed by atoms with Gasteiger partial charge < -0.3 is 15.3 Å². The van der Waals surface area contributed by atoms with E-state index in [0.29, 0.717) is 24.4 Å². The average Bonchev–Trinajstić information content (AvgIpc) is 2.70. The van der Waals surface area contributed by atoms with Gasteiger partial charge in [-0.2, -0.15) is 0 Å². The molecule has 0 aromatic heterocycles. The lowest BCUT2D eigenvalue weighted by molar-refractivity contribution is -0.142. The Balaban J connectivity index is 1.87. The van der Waals surface area contributed by atoms with E-state index >= 15 is 0 Å². The number of nitrogens with zero attached hydrogens (tertiary/aromatic N) is 1. The van der Waals surface area contributed by atoms with Gasteiger partial charge in [0.1, 0.15) is 6.04 Å². The fourth-order valence-electron chi connectivity index (χ4n) is 2.79. The standard InChI is InChI=1S/C13H22N2O3/c1-8-4-5-15(10(8)11(16)17)12(18)14-7-9-6-13(9,2)3/h8-10H,4-7H2,1-3H3,(H,14,18)(H,16,17). The zero-order valence-electron chi connectivity index (χ0n) is 11.3. The summed E-state index contributed by atoms with van der Waals surface area (Å²) in [4.78, 5) is 24.6. The summed E-state index contributed by atoms with van der Waals surface area (Å²) in [6.45, 7) is 7.45. The van der Waals surface area contributed by atoms with E-state index in [1.54, 1.807) is 0 Å². The second kappa shape index (κ2) is 4.44. The average molecular weight is 254 g/mol. The number of hydrogen-bond donors (Lipinski definition) is 2. The maximum absolute atomic E-state index is 12.0. The number of rotatable bonds is 3. The third kappa shape index (κ3) is 2.44. The van der Waals surface area contributed by atoms with Crippen molar-refractivity contribution in [3.8, 4) is 0 Å². The molecule has 0 aromatic rings. The van der Waals surface area contributed by atoms with Crippen LogP contribution < -0.4 is 5.32 Å². The predicted octanol–water partition coefficient (Wildman–Crippen LogP) is 1.54. The number of nitrogens with one attached hydrogen (secondary N) is 1. The van der Waals surface area contributed by atoms with Gasteiger partial charge in [-0.05, 0) is 30.1 Å². The van der Waals surface area contributed by atoms with Crippen molar-refractivity contribution in [2.24, 2.45) is 17.3 Å². The highest BCUT2D eigenvalue weighted by atomic mass is 16.4. The fraction of sp³-hybridized carbons (Fsp3) is 0.846. The highest BCUT2D eigenvalue weighted by molar-refractivity contribution is 5.83. The summed E-state index contributed by atoms with van der Waals surface area (Å²) in [6.07, 6.45) is 1.89. The molecule has 0 spiro atoms. The highest BCUT2D eigenvalue weighted by Gasteiger charge is 2.46. The Morgan fingerprint density at radius 1 is 1.44 bits per heavy atom. The number of amides is 2. The van der Waals surface area contributed by atoms with Crippen LogP contribution in [0, 0.1) is 17.3 Å². The number of hydrogen-bond acceptors (Lipinski definition) is 2. The lowest BCUT2D eigenvalue weighted by Gasteiger charge is -2.23. The van der Waals surface area contributed by atoms with E-state index in [9.17, 15) is 9.59 Å². The zero-order valence-corrected chi connectivity index (χ0v) is 11.3. The number of aliphatic carboxylic acids is 1. The van der Waals surface area contributed by atoms with E-state index in [1.807, 2.05) is 6.92 Å². The van der Waals surface area contributed by atoms with Gasteiger partial charge >= 0.3 is 12.0 Å². The third-order valence-corrected chi connectivity index (χ3v) is 4.43. The van der Waals surface area contributed by atoms with E-state index in [4.69, 9.17) is 5.11 Å². The van der Waals surface area contributed by atoms with E-state index in [0.717, 1.165) is 12.8 Å². The van der Waals surface area contributed by atoms with Gasteiger partial charge in [-0.15, -0.1) is 0 Å². The molecule has 0 bridgehead atoms. The molecule has 1 saturated carbocycles. The van der Waals surface area contributed by atoms with Crippen LogP contribution in [0.25, 0.3) is 0 Å². The topological polar surface area (TPSA) is 69.6 Å². The number of carbonyl (C=O) groups is 2. The van der Waals surface area contributed by atoms with Gasteiger partial charge in [0, 0.05) is 13.1 Å². The van der Waals surface area contributed by atoms with Crippen molar-refractivity contribution in [2.45, 2.75) is 39.7 Å². The van der Waals surface area contributed by atoms with Crippen molar-refractivity contribution in [2.75, 3.05) is 13.1 Å². The Hall–Kier alpha value is -1.26. The smallest absolute Gasteiger partial charge is 0.326 e. The summed E-state index contributed by atoms with van der Waals surface area (Å²) in [5.74, 6) is -0.336. The molecular weight excluding hydrogens is 232 g/mol. The largest absolute Gasteiger partial charge is 0.480 e. The van der Waals surface area contributed by atoms with Gasteiger partial charge in [0.2, 0.25) is 0 Å². The van der Waals surface area contributed by atoms with E-state index in [-0.39, 0.29) is 11.9 Å². The molecule has 2 rings (SSSR count). The summed E-state index contributed by atoms with van der Waals surface area (Å²) in [5, 5.41) is 12.0. The van der Waals surface area contributed by atoms with E-state index < -0.39 is 12.0 Å². The van der Waals surface area contributed by atoms with Crippen molar-refractivity contribution in [1.29, 1.82) is 0 Å². The minimum Gasteiger partial charge on any atom is -0.480 e. The van der Waals surface area contributed by atoms with Crippen LogP contribution >= 0.6 is 0 Å². The molecule has 2 aliphatic rings. The Morgan fingerprint density at radius 2 is 2.06 bits per heavy atom. The molecular formula is C13H22N2O3. The van der Waals surface area contributed by atoms with E-state index in [1.165, 1.54) is 4.90 Å². The first-order valence-electron chi connectivity index (χ1n) is 6.60. The van der Waals surface area contributed by atoms with Gasteiger partial charge in [0.15, 0.2) is 0 Å². The maximum atomic E-state index is 12.0. The molecule has 1 heterocycles. The normalized spacial score (nSPS) is 33.3. The molecule has 5 nitrogen and oxygen atoms in total. The molecule has 1 saturated heterocycles. The van der Waals surface area contributed by atoms with Crippen molar-refractivity contribution in [3.63, 3.8) is 0 Å². The predicted molar refractivity (Wildman–Crippen MR) is 67.2 cm³/mol. The van der Waals surface area contributed by atoms with Gasteiger partial charge in [-0.25, -0.2) is 9.59 Å². The molecule has 18 heavy (non-hydrogen) atoms. The summed E-state index contributed by atoms with van der Waals surface area (Å²) < 4.78 is 0. The SMILES string of the molecule is CC1CCN(C(=O)NCC2CC2(C)C)C1C(=O)O. The van der Waals surface area contributed by atoms with Crippen LogP contribution in [0.3, 0.4) is 0 Å². The molecule has 1 aliphatic heterocycles. The Kier molecular flexibility index (Phi) is 3.25. The maximum Gasteiger partial charge on any atom is 0.326 e. The van der Waals surface area contributed by atoms with Crippen molar-refractivity contribution in [3.05, 3.63) is 0 Å². The summed E-state index contributed by atoms with van der Waals surface area (Å²) in [5.41, 5.74) is 0.331. The van der Waals surface area contributed by atoms with Crippen LogP contribution in [0.5, 0.6) is 0 Å². The monoisotopic (exact) mass is 254 g/mol. The number of carbonyl (C=O) groups excluding carboxylic acids is 1. The van der Waals surface area contributed by atoms with Gasteiger partial charge in [0.05, 0.1) is 0 Å². The molecule has 0 aromatic carbocycles. The van der Waals surface area contributed by atoms with E-state index in [2.05, 4.69) is 19.2 Å². The summed E-state index contributed by atoms with van der Waals surface area (Å²) in [6, 6.07) is -0.897. The molecule has 5 heteroatoms. The first-order valence-corrected chi connectivity index (χ1v) is 6.60. The van der Waals surface area contributed by atoms with Crippen molar-refractivity contribution >= 4 is 12.0 Å². The molecule has 3 atom stereocenters. The van der Waals surface area contributed by atoms with Crippen molar-refractivity contribution < 1.29 is 14.7 Å². The fourth-order valence-corrected chi connectivity index (χ4v) is 2.79. The molecule has 0 radical (unpaired) electrons. The number of carboxylic acid groups (broad SMARTS) is 1. The Bertz CT molecular complexity index is 367. The molecule has 1 aliphatic carbocycles. The molecule has 3 unspecified atom stereocenters. The van der Waals surface area contributed by atoms with Crippen LogP contribution in [0.4, 0.5) is 4.79 Å². The first-order chi connectivity index (χ1) is 8.33. The number of urea groups is 1. The van der Waals surface area contributed by atoms with Gasteiger partial charge in [-0.3, -0.25) is 0 Å². The first kappa shape index (κ1) is 13.2. The summed E-state index contributed by atoms with van der Waals surface area (Å²) in [7, 11) is 0. The Labute approximate surface area is 108 Å². The quantitative estimate of drug-likeness (QED) is 0.802. The van der Waals surface area contributed by atoms with Crippen LogP contribution in [-0.2, 0) is 4.79 Å². The molecule has 102 valence electrons. The van der Waals surface area contributed by atoms with Crippen molar-refractivity contribution in [1.82, 2.24) is 10.2 Å². The van der Waals surface area contributed by atoms with Crippen LogP contribution in [-0.4, -0.2) is 41.1 Å². The second-order valence-corrected chi connectivity index (χ2v) is 6.32. The minimum absolute atomic E-state index is 0.0330.